The molecule has 0 spiro atoms. The van der Waals surface area contributed by atoms with E-state index in [1.807, 2.05) is 18.2 Å². The van der Waals surface area contributed by atoms with Crippen molar-refractivity contribution < 1.29 is 23.9 Å². The largest absolute Gasteiger partial charge is 0.497 e. The molecule has 0 aliphatic carbocycles. The SMILES string of the molecule is COc1cccc(CNC(=O)C(=O)[C@@H]2CCCN2C(=O)CNC(=O)c2ccnc3ccccc23)c1. The second kappa shape index (κ2) is 10.8. The number of fused-ring (bicyclic) bond motifs is 1. The van der Waals surface area contributed by atoms with Crippen molar-refractivity contribution in [1.29, 1.82) is 0 Å². The van der Waals surface area contributed by atoms with E-state index in [1.165, 1.54) is 4.90 Å². The van der Waals surface area contributed by atoms with E-state index >= 15 is 0 Å². The lowest BCUT2D eigenvalue weighted by Crippen LogP contribution is -2.49. The van der Waals surface area contributed by atoms with Crippen LogP contribution >= 0.6 is 0 Å². The highest BCUT2D eigenvalue weighted by atomic mass is 16.5. The Morgan fingerprint density at radius 3 is 2.71 bits per heavy atom. The molecule has 2 heterocycles. The molecule has 2 N–H and O–H groups in total. The summed E-state index contributed by atoms with van der Waals surface area (Å²) < 4.78 is 5.16. The van der Waals surface area contributed by atoms with Crippen LogP contribution in [0.2, 0.25) is 0 Å². The molecule has 1 atom stereocenters. The standard InChI is InChI=1S/C26H26N4O5/c1-35-18-7-4-6-17(14-18)15-28-26(34)24(32)22-10-5-13-30(22)23(31)16-29-25(33)20-11-12-27-21-9-3-2-8-19(20)21/h2-4,6-9,11-12,14,22H,5,10,13,15-16H2,1H3,(H,28,34)(H,29,33)/t22-/m0/s1. The summed E-state index contributed by atoms with van der Waals surface area (Å²) in [6, 6.07) is 15.2. The lowest BCUT2D eigenvalue weighted by Gasteiger charge is -2.23. The average Bonchev–Trinajstić information content (AvgIpc) is 3.39. The van der Waals surface area contributed by atoms with E-state index in [9.17, 15) is 19.2 Å². The van der Waals surface area contributed by atoms with Crippen LogP contribution in [0.1, 0.15) is 28.8 Å². The van der Waals surface area contributed by atoms with Crippen molar-refractivity contribution >= 4 is 34.4 Å². The molecule has 1 aromatic heterocycles. The number of aromatic nitrogens is 1. The van der Waals surface area contributed by atoms with Gasteiger partial charge in [0.1, 0.15) is 11.8 Å². The van der Waals surface area contributed by atoms with Crippen LogP contribution in [0.4, 0.5) is 0 Å². The third kappa shape index (κ3) is 5.46. The number of methoxy groups -OCH3 is 1. The van der Waals surface area contributed by atoms with E-state index in [1.54, 1.807) is 49.7 Å². The first kappa shape index (κ1) is 23.9. The summed E-state index contributed by atoms with van der Waals surface area (Å²) in [5, 5.41) is 5.93. The van der Waals surface area contributed by atoms with Gasteiger partial charge in [-0.3, -0.25) is 24.2 Å². The smallest absolute Gasteiger partial charge is 0.289 e. The van der Waals surface area contributed by atoms with Crippen molar-refractivity contribution in [1.82, 2.24) is 20.5 Å². The predicted molar refractivity (Wildman–Crippen MR) is 129 cm³/mol. The molecular formula is C26H26N4O5. The maximum absolute atomic E-state index is 12.8. The molecule has 0 unspecified atom stereocenters. The van der Waals surface area contributed by atoms with E-state index in [0.717, 1.165) is 5.56 Å². The predicted octanol–water partition coefficient (Wildman–Crippen LogP) is 1.85. The first-order valence-electron chi connectivity index (χ1n) is 11.3. The number of para-hydroxylation sites is 1. The van der Waals surface area contributed by atoms with Crippen molar-refractivity contribution in [3.05, 3.63) is 71.9 Å². The minimum atomic E-state index is -0.841. The number of pyridine rings is 1. The zero-order valence-electron chi connectivity index (χ0n) is 19.3. The fourth-order valence-corrected chi connectivity index (χ4v) is 4.19. The molecule has 1 fully saturated rings. The second-order valence-corrected chi connectivity index (χ2v) is 8.20. The Morgan fingerprint density at radius 1 is 1.06 bits per heavy atom. The van der Waals surface area contributed by atoms with Crippen LogP contribution < -0.4 is 15.4 Å². The zero-order valence-corrected chi connectivity index (χ0v) is 19.3. The van der Waals surface area contributed by atoms with Gasteiger partial charge in [0.05, 0.1) is 24.7 Å². The third-order valence-corrected chi connectivity index (χ3v) is 5.98. The Bertz CT molecular complexity index is 1270. The van der Waals surface area contributed by atoms with Gasteiger partial charge in [0.2, 0.25) is 11.7 Å². The van der Waals surface area contributed by atoms with Gasteiger partial charge in [-0.1, -0.05) is 30.3 Å². The van der Waals surface area contributed by atoms with Gasteiger partial charge < -0.3 is 20.3 Å². The summed E-state index contributed by atoms with van der Waals surface area (Å²) in [6.45, 7) is 0.246. The number of carbonyl (C=O) groups is 4. The molecule has 9 heteroatoms. The third-order valence-electron chi connectivity index (χ3n) is 5.98. The van der Waals surface area contributed by atoms with E-state index in [2.05, 4.69) is 15.6 Å². The Morgan fingerprint density at radius 2 is 1.89 bits per heavy atom. The average molecular weight is 475 g/mol. The summed E-state index contributed by atoms with van der Waals surface area (Å²) in [5.41, 5.74) is 1.88. The maximum atomic E-state index is 12.8. The van der Waals surface area contributed by atoms with Crippen molar-refractivity contribution in [2.45, 2.75) is 25.4 Å². The summed E-state index contributed by atoms with van der Waals surface area (Å²) in [4.78, 5) is 56.4. The number of ketones is 1. The van der Waals surface area contributed by atoms with E-state index < -0.39 is 29.5 Å². The summed E-state index contributed by atoms with van der Waals surface area (Å²) >= 11 is 0. The maximum Gasteiger partial charge on any atom is 0.289 e. The molecule has 1 aliphatic rings. The number of hydrogen-bond donors (Lipinski definition) is 2. The molecule has 180 valence electrons. The number of ether oxygens (including phenoxy) is 1. The molecular weight excluding hydrogens is 448 g/mol. The lowest BCUT2D eigenvalue weighted by molar-refractivity contribution is -0.144. The Kier molecular flexibility index (Phi) is 7.35. The van der Waals surface area contributed by atoms with Gasteiger partial charge in [-0.2, -0.15) is 0 Å². The Hall–Kier alpha value is -4.27. The van der Waals surface area contributed by atoms with Crippen LogP contribution in [-0.2, 0) is 20.9 Å². The van der Waals surface area contributed by atoms with Crippen LogP contribution in [0.3, 0.4) is 0 Å². The fourth-order valence-electron chi connectivity index (χ4n) is 4.19. The molecule has 1 saturated heterocycles. The minimum Gasteiger partial charge on any atom is -0.497 e. The van der Waals surface area contributed by atoms with Crippen molar-refractivity contribution in [3.8, 4) is 5.75 Å². The first-order chi connectivity index (χ1) is 17.0. The molecule has 35 heavy (non-hydrogen) atoms. The number of hydrogen-bond acceptors (Lipinski definition) is 6. The molecule has 3 amide bonds. The number of nitrogens with zero attached hydrogens (tertiary/aromatic N) is 2. The van der Waals surface area contributed by atoms with Crippen LogP contribution in [0.25, 0.3) is 10.9 Å². The number of amides is 3. The molecule has 3 aromatic rings. The van der Waals surface area contributed by atoms with E-state index in [0.29, 0.717) is 41.6 Å². The van der Waals surface area contributed by atoms with Gasteiger partial charge >= 0.3 is 0 Å². The summed E-state index contributed by atoms with van der Waals surface area (Å²) in [7, 11) is 1.55. The monoisotopic (exact) mass is 474 g/mol. The fraction of sp³-hybridized carbons (Fsp3) is 0.269. The summed E-state index contributed by atoms with van der Waals surface area (Å²) in [6.07, 6.45) is 2.55. The molecule has 1 aliphatic heterocycles. The zero-order chi connectivity index (χ0) is 24.8. The molecule has 0 saturated carbocycles. The van der Waals surface area contributed by atoms with Gasteiger partial charge in [0.25, 0.3) is 11.8 Å². The van der Waals surface area contributed by atoms with E-state index in [-0.39, 0.29) is 13.1 Å². The van der Waals surface area contributed by atoms with Gasteiger partial charge in [0, 0.05) is 24.7 Å². The lowest BCUT2D eigenvalue weighted by atomic mass is 10.1. The summed E-state index contributed by atoms with van der Waals surface area (Å²) in [5.74, 6) is -1.57. The number of likely N-dealkylation sites (tertiary alicyclic amines) is 1. The Balaban J connectivity index is 1.34. The van der Waals surface area contributed by atoms with Crippen LogP contribution in [0.15, 0.2) is 60.8 Å². The van der Waals surface area contributed by atoms with Crippen LogP contribution in [0.5, 0.6) is 5.75 Å². The number of benzene rings is 2. The highest BCUT2D eigenvalue weighted by molar-refractivity contribution is 6.38. The molecule has 2 aromatic carbocycles. The molecule has 4 rings (SSSR count). The highest BCUT2D eigenvalue weighted by Crippen LogP contribution is 2.19. The number of rotatable bonds is 8. The topological polar surface area (TPSA) is 118 Å². The first-order valence-corrected chi connectivity index (χ1v) is 11.3. The second-order valence-electron chi connectivity index (χ2n) is 8.20. The van der Waals surface area contributed by atoms with Crippen molar-refractivity contribution in [3.63, 3.8) is 0 Å². The highest BCUT2D eigenvalue weighted by Gasteiger charge is 2.37. The van der Waals surface area contributed by atoms with Crippen molar-refractivity contribution in [2.75, 3.05) is 20.2 Å². The molecule has 0 bridgehead atoms. The van der Waals surface area contributed by atoms with Crippen LogP contribution in [0, 0.1) is 0 Å². The normalized spacial score (nSPS) is 15.0. The number of carbonyl (C=O) groups excluding carboxylic acids is 4. The molecule has 0 radical (unpaired) electrons. The van der Waals surface area contributed by atoms with Gasteiger partial charge in [-0.25, -0.2) is 0 Å². The quantitative estimate of drug-likeness (QED) is 0.481. The number of nitrogens with one attached hydrogen (secondary N) is 2. The molecule has 9 nitrogen and oxygen atoms in total. The van der Waals surface area contributed by atoms with Crippen LogP contribution in [-0.4, -0.2) is 59.6 Å². The van der Waals surface area contributed by atoms with Gasteiger partial charge in [-0.15, -0.1) is 0 Å². The van der Waals surface area contributed by atoms with Gasteiger partial charge in [0.15, 0.2) is 0 Å². The number of Topliss-reactive ketones (excluding diaryl/α,β-unsaturated/α-hetero) is 1. The van der Waals surface area contributed by atoms with Gasteiger partial charge in [-0.05, 0) is 42.7 Å². The van der Waals surface area contributed by atoms with Crippen molar-refractivity contribution in [2.24, 2.45) is 0 Å². The Labute approximate surface area is 202 Å². The minimum absolute atomic E-state index is 0.165. The van der Waals surface area contributed by atoms with E-state index in [4.69, 9.17) is 4.74 Å².